The summed E-state index contributed by atoms with van der Waals surface area (Å²) in [6, 6.07) is 14.0. The van der Waals surface area contributed by atoms with Crippen LogP contribution in [0.1, 0.15) is 36.9 Å². The zero-order valence-electron chi connectivity index (χ0n) is 13.3. The Morgan fingerprint density at radius 2 is 1.88 bits per heavy atom. The highest BCUT2D eigenvalue weighted by atomic mass is 35.5. The molecule has 1 aliphatic rings. The number of rotatable bonds is 1. The van der Waals surface area contributed by atoms with Crippen molar-refractivity contribution in [1.29, 1.82) is 0 Å². The Hall–Kier alpha value is -1.28. The van der Waals surface area contributed by atoms with Gasteiger partial charge in [-0.3, -0.25) is 4.98 Å². The maximum Gasteiger partial charge on any atom is 0.0712 e. The lowest BCUT2D eigenvalue weighted by molar-refractivity contribution is -0.00000443. The maximum atomic E-state index is 6.52. The Kier molecular flexibility index (Phi) is 5.05. The molecular weight excluding hydrogens is 361 g/mol. The second-order valence-electron chi connectivity index (χ2n) is 6.29. The van der Waals surface area contributed by atoms with E-state index in [4.69, 9.17) is 28.2 Å². The summed E-state index contributed by atoms with van der Waals surface area (Å²) < 4.78 is 0. The van der Waals surface area contributed by atoms with Gasteiger partial charge in [0.2, 0.25) is 0 Å². The third kappa shape index (κ3) is 2.90. The van der Waals surface area contributed by atoms with Gasteiger partial charge in [-0.15, -0.1) is 0 Å². The second kappa shape index (κ2) is 6.92. The van der Waals surface area contributed by atoms with E-state index in [-0.39, 0.29) is 12.4 Å². The Morgan fingerprint density at radius 3 is 2.67 bits per heavy atom. The van der Waals surface area contributed by atoms with Gasteiger partial charge in [-0.05, 0) is 60.6 Å². The molecule has 1 aromatic heterocycles. The van der Waals surface area contributed by atoms with Gasteiger partial charge in [-0.2, -0.15) is 0 Å². The minimum atomic E-state index is 0. The maximum absolute atomic E-state index is 6.52. The Labute approximate surface area is 158 Å². The van der Waals surface area contributed by atoms with Gasteiger partial charge in [0.25, 0.3) is 0 Å². The highest BCUT2D eigenvalue weighted by molar-refractivity contribution is 6.34. The van der Waals surface area contributed by atoms with Crippen LogP contribution in [-0.4, -0.2) is 4.98 Å². The smallest absolute Gasteiger partial charge is 0.0712 e. The number of halogens is 3. The quantitative estimate of drug-likeness (QED) is 0.631. The van der Waals surface area contributed by atoms with Gasteiger partial charge >= 0.3 is 0 Å². The average Bonchev–Trinajstić information content (AvgIpc) is 2.55. The fourth-order valence-electron chi connectivity index (χ4n) is 3.65. The van der Waals surface area contributed by atoms with Crippen LogP contribution in [0.4, 0.5) is 0 Å². The third-order valence-electron chi connectivity index (χ3n) is 4.75. The van der Waals surface area contributed by atoms with Crippen molar-refractivity contribution in [3.63, 3.8) is 0 Å². The lowest BCUT2D eigenvalue weighted by Gasteiger charge is -2.25. The monoisotopic (exact) mass is 376 g/mol. The van der Waals surface area contributed by atoms with Gasteiger partial charge in [-0.1, -0.05) is 48.3 Å². The molecule has 0 saturated heterocycles. The molecule has 0 fully saturated rings. The molecule has 0 amide bonds. The fraction of sp³-hybridized carbons (Fsp3) is 0.250. The second-order valence-corrected chi connectivity index (χ2v) is 7.13. The topological polar surface area (TPSA) is 12.9 Å². The van der Waals surface area contributed by atoms with Crippen molar-refractivity contribution in [1.82, 2.24) is 4.98 Å². The first kappa shape index (κ1) is 17.5. The molecule has 1 nitrogen and oxygen atoms in total. The zero-order valence-corrected chi connectivity index (χ0v) is 15.6. The number of hydrogen-bond donors (Lipinski definition) is 0. The first-order valence-electron chi connectivity index (χ1n) is 8.02. The molecule has 4 rings (SSSR count). The van der Waals surface area contributed by atoms with Crippen LogP contribution in [0.5, 0.6) is 0 Å². The van der Waals surface area contributed by atoms with Crippen molar-refractivity contribution >= 4 is 34.1 Å². The van der Waals surface area contributed by atoms with Crippen molar-refractivity contribution in [2.45, 2.75) is 32.1 Å². The summed E-state index contributed by atoms with van der Waals surface area (Å²) in [6.07, 6.45) is 3.44. The summed E-state index contributed by atoms with van der Waals surface area (Å²) in [5, 5.41) is 2.61. The third-order valence-corrected chi connectivity index (χ3v) is 5.32. The largest absolute Gasteiger partial charge is 1.00 e. The van der Waals surface area contributed by atoms with E-state index in [1.54, 1.807) is 0 Å². The van der Waals surface area contributed by atoms with E-state index in [2.05, 4.69) is 13.0 Å². The number of hydrogen-bond acceptors (Lipinski definition) is 1. The van der Waals surface area contributed by atoms with E-state index in [1.807, 2.05) is 36.4 Å². The molecule has 0 spiro atoms. The molecule has 24 heavy (non-hydrogen) atoms. The first-order valence-corrected chi connectivity index (χ1v) is 8.77. The van der Waals surface area contributed by atoms with E-state index >= 15 is 0 Å². The summed E-state index contributed by atoms with van der Waals surface area (Å²) in [6.45, 7) is 2.27. The molecule has 4 heteroatoms. The van der Waals surface area contributed by atoms with Crippen LogP contribution in [0, 0.1) is 0 Å². The molecule has 1 aliphatic carbocycles. The predicted molar refractivity (Wildman–Crippen MR) is 98.6 cm³/mol. The molecule has 1 atom stereocenters. The van der Waals surface area contributed by atoms with Crippen LogP contribution in [0.25, 0.3) is 22.0 Å². The molecule has 1 heterocycles. The molecule has 3 aromatic rings. The standard InChI is InChI=1S/C20H17Cl2N.ClH/c1-12-5-4-7-15-19(14-6-2-3-8-17(14)22)16-11-13(21)9-10-18(16)23-20(12)15;/h2-3,6,8-12H,4-5,7H2,1H3;1H/p-1. The highest BCUT2D eigenvalue weighted by Gasteiger charge is 2.24. The van der Waals surface area contributed by atoms with E-state index in [1.165, 1.54) is 29.7 Å². The van der Waals surface area contributed by atoms with Gasteiger partial charge in [0.05, 0.1) is 5.52 Å². The number of nitrogens with zero attached hydrogens (tertiary/aromatic N) is 1. The van der Waals surface area contributed by atoms with Gasteiger partial charge in [-0.25, -0.2) is 0 Å². The zero-order chi connectivity index (χ0) is 16.0. The summed E-state index contributed by atoms with van der Waals surface area (Å²) in [5.74, 6) is 0.486. The van der Waals surface area contributed by atoms with Crippen LogP contribution in [-0.2, 0) is 6.42 Å². The van der Waals surface area contributed by atoms with Crippen LogP contribution < -0.4 is 12.4 Å². The minimum Gasteiger partial charge on any atom is -1.00 e. The van der Waals surface area contributed by atoms with E-state index < -0.39 is 0 Å². The highest BCUT2D eigenvalue weighted by Crippen LogP contribution is 2.42. The number of benzene rings is 2. The molecule has 0 radical (unpaired) electrons. The molecular formula is C20H17Cl3N-. The van der Waals surface area contributed by atoms with Crippen LogP contribution in [0.3, 0.4) is 0 Å². The minimum absolute atomic E-state index is 0. The van der Waals surface area contributed by atoms with Crippen molar-refractivity contribution < 1.29 is 12.4 Å². The molecule has 0 aliphatic heterocycles. The van der Waals surface area contributed by atoms with E-state index in [0.29, 0.717) is 5.92 Å². The van der Waals surface area contributed by atoms with Gasteiger partial charge in [0.1, 0.15) is 0 Å². The Balaban J connectivity index is 0.00000169. The lowest BCUT2D eigenvalue weighted by atomic mass is 9.82. The summed E-state index contributed by atoms with van der Waals surface area (Å²) in [7, 11) is 0. The predicted octanol–water partition coefficient (Wildman–Crippen LogP) is 3.65. The lowest BCUT2D eigenvalue weighted by Crippen LogP contribution is -3.00. The van der Waals surface area contributed by atoms with Crippen molar-refractivity contribution in [3.05, 3.63) is 63.8 Å². The van der Waals surface area contributed by atoms with Crippen LogP contribution >= 0.6 is 23.2 Å². The summed E-state index contributed by atoms with van der Waals surface area (Å²) in [5.41, 5.74) is 5.85. The fourth-order valence-corrected chi connectivity index (χ4v) is 4.05. The molecule has 1 unspecified atom stereocenters. The molecule has 0 N–H and O–H groups in total. The van der Waals surface area contributed by atoms with Crippen molar-refractivity contribution in [3.8, 4) is 11.1 Å². The van der Waals surface area contributed by atoms with E-state index in [0.717, 1.165) is 32.9 Å². The molecule has 124 valence electrons. The number of pyridine rings is 1. The average molecular weight is 378 g/mol. The van der Waals surface area contributed by atoms with Crippen molar-refractivity contribution in [2.75, 3.05) is 0 Å². The SMILES string of the molecule is CC1CCCc2c1nc1ccc(Cl)cc1c2-c1ccccc1Cl.[Cl-]. The van der Waals surface area contributed by atoms with Crippen LogP contribution in [0.2, 0.25) is 10.0 Å². The number of aromatic nitrogens is 1. The Morgan fingerprint density at radius 1 is 1.08 bits per heavy atom. The van der Waals surface area contributed by atoms with Crippen LogP contribution in [0.15, 0.2) is 42.5 Å². The van der Waals surface area contributed by atoms with Gasteiger partial charge in [0.15, 0.2) is 0 Å². The van der Waals surface area contributed by atoms with Gasteiger partial charge in [0, 0.05) is 26.7 Å². The van der Waals surface area contributed by atoms with E-state index in [9.17, 15) is 0 Å². The normalized spacial score (nSPS) is 16.5. The first-order chi connectivity index (χ1) is 11.1. The summed E-state index contributed by atoms with van der Waals surface area (Å²) in [4.78, 5) is 4.95. The Bertz CT molecular complexity index is 905. The summed E-state index contributed by atoms with van der Waals surface area (Å²) >= 11 is 12.8. The molecule has 2 aromatic carbocycles. The van der Waals surface area contributed by atoms with Gasteiger partial charge < -0.3 is 12.4 Å². The molecule has 0 saturated carbocycles. The number of fused-ring (bicyclic) bond motifs is 2. The molecule has 0 bridgehead atoms. The van der Waals surface area contributed by atoms with Crippen molar-refractivity contribution in [2.24, 2.45) is 0 Å².